The molecule has 172 valence electrons. The zero-order valence-corrected chi connectivity index (χ0v) is 18.9. The largest absolute Gasteiger partial charge is 0.457 e. The third-order valence-corrected chi connectivity index (χ3v) is 5.26. The number of nitrogens with zero attached hydrogens (tertiary/aromatic N) is 3. The van der Waals surface area contributed by atoms with Gasteiger partial charge in [-0.3, -0.25) is 19.5 Å². The molecule has 0 saturated carbocycles. The van der Waals surface area contributed by atoms with Crippen molar-refractivity contribution in [3.8, 4) is 23.3 Å². The third kappa shape index (κ3) is 5.39. The number of aryl methyl sites for hydroxylation is 1. The Morgan fingerprint density at radius 2 is 2.00 bits per heavy atom. The van der Waals surface area contributed by atoms with E-state index in [1.165, 1.54) is 17.2 Å². The molecule has 3 aromatic rings. The van der Waals surface area contributed by atoms with E-state index in [9.17, 15) is 14.7 Å². The highest BCUT2D eigenvalue weighted by atomic mass is 16.5. The molecule has 0 radical (unpaired) electrons. The van der Waals surface area contributed by atoms with Gasteiger partial charge in [0.2, 0.25) is 5.91 Å². The fourth-order valence-electron chi connectivity index (χ4n) is 3.56. The number of hydrogen-bond donors (Lipinski definition) is 2. The van der Waals surface area contributed by atoms with Crippen LogP contribution in [-0.2, 0) is 11.2 Å². The number of carbonyl (C=O) groups is 2. The Bertz CT molecular complexity index is 1260. The van der Waals surface area contributed by atoms with E-state index >= 15 is 0 Å². The molecule has 0 saturated heterocycles. The van der Waals surface area contributed by atoms with Crippen LogP contribution in [0.1, 0.15) is 35.1 Å². The molecule has 34 heavy (non-hydrogen) atoms. The average molecular weight is 457 g/mol. The number of rotatable bonds is 4. The van der Waals surface area contributed by atoms with Crippen molar-refractivity contribution in [1.29, 1.82) is 0 Å². The van der Waals surface area contributed by atoms with Crippen molar-refractivity contribution in [2.24, 2.45) is 0 Å². The number of likely N-dealkylation sites (N-methyl/N-ethyl adjacent to an activating group) is 1. The van der Waals surface area contributed by atoms with Gasteiger partial charge in [0.25, 0.3) is 5.91 Å². The van der Waals surface area contributed by atoms with Gasteiger partial charge in [0.05, 0.1) is 0 Å². The first-order valence-corrected chi connectivity index (χ1v) is 10.9. The number of fused-ring (bicyclic) bond motifs is 1. The van der Waals surface area contributed by atoms with Crippen molar-refractivity contribution >= 4 is 17.6 Å². The average Bonchev–Trinajstić information content (AvgIpc) is 2.95. The van der Waals surface area contributed by atoms with Crippen molar-refractivity contribution in [3.63, 3.8) is 0 Å². The molecule has 1 aliphatic rings. The summed E-state index contributed by atoms with van der Waals surface area (Å²) in [6.07, 6.45) is 1.69. The molecule has 2 aromatic heterocycles. The Morgan fingerprint density at radius 3 is 2.76 bits per heavy atom. The lowest BCUT2D eigenvalue weighted by Crippen LogP contribution is -2.47. The second-order valence-corrected chi connectivity index (χ2v) is 7.88. The maximum atomic E-state index is 13.1. The molecule has 2 amide bonds. The van der Waals surface area contributed by atoms with E-state index in [0.717, 1.165) is 5.56 Å². The van der Waals surface area contributed by atoms with Crippen LogP contribution in [0.5, 0.6) is 11.5 Å². The number of anilines is 1. The Morgan fingerprint density at radius 1 is 1.21 bits per heavy atom. The lowest BCUT2D eigenvalue weighted by Gasteiger charge is -2.21. The zero-order valence-electron chi connectivity index (χ0n) is 18.9. The smallest absolute Gasteiger partial charge is 0.270 e. The number of aliphatic hydroxyl groups is 1. The van der Waals surface area contributed by atoms with E-state index in [1.807, 2.05) is 36.4 Å². The van der Waals surface area contributed by atoms with Gasteiger partial charge in [-0.25, -0.2) is 4.98 Å². The summed E-state index contributed by atoms with van der Waals surface area (Å²) in [5.74, 6) is 6.31. The van der Waals surface area contributed by atoms with Crippen molar-refractivity contribution in [2.45, 2.75) is 31.9 Å². The van der Waals surface area contributed by atoms with Crippen molar-refractivity contribution < 1.29 is 19.4 Å². The fourth-order valence-corrected chi connectivity index (χ4v) is 3.56. The first-order valence-electron chi connectivity index (χ1n) is 10.9. The summed E-state index contributed by atoms with van der Waals surface area (Å²) in [6, 6.07) is 15.3. The normalized spacial score (nSPS) is 15.9. The summed E-state index contributed by atoms with van der Waals surface area (Å²) in [5.41, 5.74) is 1.49. The van der Waals surface area contributed by atoms with Crippen LogP contribution in [0.15, 0.2) is 60.8 Å². The fraction of sp³-hybridized carbons (Fsp3) is 0.231. The predicted molar refractivity (Wildman–Crippen MR) is 127 cm³/mol. The van der Waals surface area contributed by atoms with E-state index in [2.05, 4.69) is 27.1 Å². The minimum absolute atomic E-state index is 0.152. The molecule has 2 N–H and O–H groups in total. The van der Waals surface area contributed by atoms with Gasteiger partial charge in [0, 0.05) is 19.3 Å². The summed E-state index contributed by atoms with van der Waals surface area (Å²) >= 11 is 0. The lowest BCUT2D eigenvalue weighted by atomic mass is 10.1. The van der Waals surface area contributed by atoms with Gasteiger partial charge >= 0.3 is 0 Å². The molecule has 8 heteroatoms. The molecule has 1 aromatic carbocycles. The summed E-state index contributed by atoms with van der Waals surface area (Å²) < 4.78 is 5.78. The number of pyridine rings is 2. The van der Waals surface area contributed by atoms with E-state index in [-0.39, 0.29) is 11.6 Å². The lowest BCUT2D eigenvalue weighted by molar-refractivity contribution is -0.120. The Labute approximate surface area is 197 Å². The van der Waals surface area contributed by atoms with E-state index in [4.69, 9.17) is 4.74 Å². The molecule has 0 spiro atoms. The molecule has 1 unspecified atom stereocenters. The summed E-state index contributed by atoms with van der Waals surface area (Å²) in [5, 5.41) is 12.2. The van der Waals surface area contributed by atoms with Crippen LogP contribution in [0.2, 0.25) is 0 Å². The minimum Gasteiger partial charge on any atom is -0.457 e. The maximum Gasteiger partial charge on any atom is 0.270 e. The first-order chi connectivity index (χ1) is 16.4. The number of ether oxygens (including phenoxy) is 1. The molecule has 0 fully saturated rings. The van der Waals surface area contributed by atoms with Crippen LogP contribution in [0.25, 0.3) is 0 Å². The summed E-state index contributed by atoms with van der Waals surface area (Å²) in [4.78, 5) is 36.1. The minimum atomic E-state index is -0.773. The Kier molecular flexibility index (Phi) is 6.85. The van der Waals surface area contributed by atoms with E-state index in [1.54, 1.807) is 26.1 Å². The van der Waals surface area contributed by atoms with E-state index < -0.39 is 18.1 Å². The standard InChI is InChI=1S/C26H24N4O4/c1-17(31)8-11-19-12-9-18-10-13-22(26(33)30(2)24(18)28-19)29-25(32)23-16-21(14-15-27-23)34-20-6-4-3-5-7-20/h3-7,9,12,14-17,22,31H,10,13H2,1-2H3,(H,29,32)/t17?,22-/m0/s1. The molecule has 0 bridgehead atoms. The number of carbonyl (C=O) groups excluding carboxylic acids is 2. The number of benzene rings is 1. The van der Waals surface area contributed by atoms with Gasteiger partial charge in [0.1, 0.15) is 40.9 Å². The molecule has 0 aliphatic carbocycles. The SMILES string of the molecule is CC(O)C#Cc1ccc2c(n1)N(C)C(=O)[C@@H](NC(=O)c1cc(Oc3ccccc3)ccn1)CC2. The van der Waals surface area contributed by atoms with Crippen LogP contribution >= 0.6 is 0 Å². The number of hydrogen-bond acceptors (Lipinski definition) is 6. The number of amides is 2. The molecule has 1 aliphatic heterocycles. The summed E-state index contributed by atoms with van der Waals surface area (Å²) in [6.45, 7) is 1.57. The molecule has 4 rings (SSSR count). The van der Waals surface area contributed by atoms with Gasteiger partial charge in [-0.05, 0) is 55.5 Å². The second-order valence-electron chi connectivity index (χ2n) is 7.88. The van der Waals surface area contributed by atoms with Gasteiger partial charge < -0.3 is 15.2 Å². The number of para-hydroxylation sites is 1. The summed E-state index contributed by atoms with van der Waals surface area (Å²) in [7, 11) is 1.62. The Hall–Kier alpha value is -4.22. The quantitative estimate of drug-likeness (QED) is 0.585. The molecular weight excluding hydrogens is 432 g/mol. The highest BCUT2D eigenvalue weighted by molar-refractivity contribution is 6.02. The molecule has 3 heterocycles. The van der Waals surface area contributed by atoms with Gasteiger partial charge in [0.15, 0.2) is 0 Å². The van der Waals surface area contributed by atoms with Crippen LogP contribution in [0, 0.1) is 11.8 Å². The van der Waals surface area contributed by atoms with Crippen LogP contribution in [0.4, 0.5) is 5.82 Å². The van der Waals surface area contributed by atoms with E-state index in [0.29, 0.717) is 35.9 Å². The monoisotopic (exact) mass is 456 g/mol. The van der Waals surface area contributed by atoms with Gasteiger partial charge in [-0.1, -0.05) is 30.2 Å². The predicted octanol–water partition coefficient (Wildman–Crippen LogP) is 2.71. The topological polar surface area (TPSA) is 105 Å². The molecule has 8 nitrogen and oxygen atoms in total. The van der Waals surface area contributed by atoms with Crippen molar-refractivity contribution in [1.82, 2.24) is 15.3 Å². The Balaban J connectivity index is 1.48. The third-order valence-electron chi connectivity index (χ3n) is 5.26. The van der Waals surface area contributed by atoms with Gasteiger partial charge in [-0.15, -0.1) is 0 Å². The first kappa shape index (κ1) is 23.0. The van der Waals surface area contributed by atoms with Crippen LogP contribution < -0.4 is 15.0 Å². The maximum absolute atomic E-state index is 13.1. The molecular formula is C26H24N4O4. The second kappa shape index (κ2) is 10.1. The number of nitrogens with one attached hydrogen (secondary N) is 1. The number of aromatic nitrogens is 2. The zero-order chi connectivity index (χ0) is 24.1. The highest BCUT2D eigenvalue weighted by Gasteiger charge is 2.30. The van der Waals surface area contributed by atoms with Gasteiger partial charge in [-0.2, -0.15) is 0 Å². The van der Waals surface area contributed by atoms with Crippen molar-refractivity contribution in [3.05, 3.63) is 77.7 Å². The number of aliphatic hydroxyl groups excluding tert-OH is 1. The van der Waals surface area contributed by atoms with Crippen LogP contribution in [-0.4, -0.2) is 46.1 Å². The highest BCUT2D eigenvalue weighted by Crippen LogP contribution is 2.25. The van der Waals surface area contributed by atoms with Crippen molar-refractivity contribution in [2.75, 3.05) is 11.9 Å². The van der Waals surface area contributed by atoms with Crippen LogP contribution in [0.3, 0.4) is 0 Å². The molecule has 2 atom stereocenters.